The molecule has 0 saturated heterocycles. The van der Waals surface area contributed by atoms with Crippen molar-refractivity contribution in [2.75, 3.05) is 25.0 Å². The number of fused-ring (bicyclic) bond motifs is 1. The number of H-pyrrole nitrogens is 1. The van der Waals surface area contributed by atoms with Crippen LogP contribution in [0.4, 0.5) is 11.4 Å². The molecular formula is C22H28N4O. The van der Waals surface area contributed by atoms with Gasteiger partial charge in [-0.2, -0.15) is 0 Å². The molecule has 0 aliphatic rings. The van der Waals surface area contributed by atoms with Gasteiger partial charge in [-0.05, 0) is 50.3 Å². The lowest BCUT2D eigenvalue weighted by Gasteiger charge is -2.24. The number of anilines is 1. The Balaban J connectivity index is 1.67. The summed E-state index contributed by atoms with van der Waals surface area (Å²) in [4.78, 5) is 9.89. The van der Waals surface area contributed by atoms with E-state index in [-0.39, 0.29) is 5.88 Å². The number of nitrogens with one attached hydrogen (secondary N) is 2. The number of aromatic nitrogens is 1. The lowest BCUT2D eigenvalue weighted by atomic mass is 10.2. The van der Waals surface area contributed by atoms with Crippen molar-refractivity contribution in [1.82, 2.24) is 9.88 Å². The first-order valence-corrected chi connectivity index (χ1v) is 9.53. The third-order valence-electron chi connectivity index (χ3n) is 4.78. The topological polar surface area (TPSA) is 63.6 Å². The first-order valence-electron chi connectivity index (χ1n) is 9.53. The lowest BCUT2D eigenvalue weighted by molar-refractivity contribution is 0.295. The summed E-state index contributed by atoms with van der Waals surface area (Å²) in [6, 6.07) is 16.2. The maximum absolute atomic E-state index is 10.1. The number of aromatic hydroxyl groups is 1. The first kappa shape index (κ1) is 19.0. The summed E-state index contributed by atoms with van der Waals surface area (Å²) in [5.74, 6) is 0.142. The van der Waals surface area contributed by atoms with Gasteiger partial charge in [-0.1, -0.05) is 32.0 Å². The molecule has 3 N–H and O–H groups in total. The lowest BCUT2D eigenvalue weighted by Crippen LogP contribution is -2.34. The molecule has 142 valence electrons. The van der Waals surface area contributed by atoms with Gasteiger partial charge < -0.3 is 20.3 Å². The van der Waals surface area contributed by atoms with Crippen LogP contribution in [0.25, 0.3) is 10.9 Å². The van der Waals surface area contributed by atoms with E-state index in [9.17, 15) is 5.11 Å². The van der Waals surface area contributed by atoms with Crippen molar-refractivity contribution in [1.29, 1.82) is 0 Å². The van der Waals surface area contributed by atoms with Crippen molar-refractivity contribution in [3.8, 4) is 5.88 Å². The molecule has 3 aromatic rings. The summed E-state index contributed by atoms with van der Waals surface area (Å²) in [5, 5.41) is 14.6. The number of rotatable bonds is 8. The molecule has 1 unspecified atom stereocenters. The van der Waals surface area contributed by atoms with Crippen LogP contribution in [0.1, 0.15) is 26.3 Å². The standard InChI is InChI=1S/C22H28N4O/c1-4-26(5-2)15-16(3)24-18-12-10-17(11-13-18)23-14-20-19-8-6-7-9-21(19)25-22(20)27/h6-14,16,24-25,27H,4-5,15H2,1-3H3. The zero-order valence-electron chi connectivity index (χ0n) is 16.2. The van der Waals surface area contributed by atoms with Crippen molar-refractivity contribution >= 4 is 28.5 Å². The van der Waals surface area contributed by atoms with Gasteiger partial charge in [0.25, 0.3) is 0 Å². The van der Waals surface area contributed by atoms with Gasteiger partial charge in [-0.25, -0.2) is 0 Å². The van der Waals surface area contributed by atoms with E-state index in [1.54, 1.807) is 6.21 Å². The summed E-state index contributed by atoms with van der Waals surface area (Å²) in [5.41, 5.74) is 3.55. The van der Waals surface area contributed by atoms with E-state index in [0.29, 0.717) is 11.6 Å². The van der Waals surface area contributed by atoms with E-state index < -0.39 is 0 Å². The molecule has 2 aromatic carbocycles. The third-order valence-corrected chi connectivity index (χ3v) is 4.78. The molecule has 5 heteroatoms. The van der Waals surface area contributed by atoms with Crippen LogP contribution in [0.5, 0.6) is 5.88 Å². The molecule has 0 aliphatic carbocycles. The van der Waals surface area contributed by atoms with Crippen LogP contribution in [-0.4, -0.2) is 46.9 Å². The van der Waals surface area contributed by atoms with Gasteiger partial charge in [0.2, 0.25) is 0 Å². The van der Waals surface area contributed by atoms with E-state index in [0.717, 1.165) is 41.9 Å². The molecule has 1 heterocycles. The summed E-state index contributed by atoms with van der Waals surface area (Å²) in [7, 11) is 0. The van der Waals surface area contributed by atoms with Crippen molar-refractivity contribution in [3.05, 3.63) is 54.1 Å². The Morgan fingerprint density at radius 3 is 2.52 bits per heavy atom. The van der Waals surface area contributed by atoms with Gasteiger partial charge in [0.1, 0.15) is 0 Å². The summed E-state index contributed by atoms with van der Waals surface area (Å²) in [6.45, 7) is 9.73. The maximum Gasteiger partial charge on any atom is 0.198 e. The highest BCUT2D eigenvalue weighted by molar-refractivity contribution is 6.02. The minimum Gasteiger partial charge on any atom is -0.494 e. The van der Waals surface area contributed by atoms with Gasteiger partial charge in [-0.3, -0.25) is 4.99 Å². The predicted octanol–water partition coefficient (Wildman–Crippen LogP) is 4.77. The largest absolute Gasteiger partial charge is 0.494 e. The van der Waals surface area contributed by atoms with E-state index in [1.807, 2.05) is 48.5 Å². The van der Waals surface area contributed by atoms with Gasteiger partial charge in [0, 0.05) is 35.4 Å². The Bertz CT molecular complexity index is 894. The second-order valence-corrected chi connectivity index (χ2v) is 6.77. The van der Waals surface area contributed by atoms with Gasteiger partial charge in [0.15, 0.2) is 5.88 Å². The summed E-state index contributed by atoms with van der Waals surface area (Å²) >= 11 is 0. The van der Waals surface area contributed by atoms with Gasteiger partial charge >= 0.3 is 0 Å². The molecule has 0 bridgehead atoms. The fourth-order valence-electron chi connectivity index (χ4n) is 3.26. The second kappa shape index (κ2) is 8.73. The monoisotopic (exact) mass is 364 g/mol. The Morgan fingerprint density at radius 1 is 1.11 bits per heavy atom. The van der Waals surface area contributed by atoms with E-state index in [2.05, 4.69) is 41.0 Å². The minimum absolute atomic E-state index is 0.142. The molecule has 0 spiro atoms. The normalized spacial score (nSPS) is 12.9. The molecule has 3 rings (SSSR count). The zero-order chi connectivity index (χ0) is 19.2. The average Bonchev–Trinajstić information content (AvgIpc) is 3.00. The molecule has 0 amide bonds. The molecule has 27 heavy (non-hydrogen) atoms. The van der Waals surface area contributed by atoms with Crippen LogP contribution in [0.3, 0.4) is 0 Å². The summed E-state index contributed by atoms with van der Waals surface area (Å²) < 4.78 is 0. The van der Waals surface area contributed by atoms with E-state index in [4.69, 9.17) is 0 Å². The third kappa shape index (κ3) is 4.68. The molecule has 1 aromatic heterocycles. The van der Waals surface area contributed by atoms with Gasteiger partial charge in [0.05, 0.1) is 11.3 Å². The van der Waals surface area contributed by atoms with Crippen molar-refractivity contribution in [2.24, 2.45) is 4.99 Å². The van der Waals surface area contributed by atoms with E-state index in [1.165, 1.54) is 0 Å². The smallest absolute Gasteiger partial charge is 0.198 e. The highest BCUT2D eigenvalue weighted by Crippen LogP contribution is 2.26. The number of aromatic amines is 1. The van der Waals surface area contributed by atoms with Crippen LogP contribution < -0.4 is 5.32 Å². The number of hydrogen-bond donors (Lipinski definition) is 3. The molecule has 0 radical (unpaired) electrons. The Morgan fingerprint density at radius 2 is 1.81 bits per heavy atom. The van der Waals surface area contributed by atoms with Crippen molar-refractivity contribution in [3.63, 3.8) is 0 Å². The van der Waals surface area contributed by atoms with E-state index >= 15 is 0 Å². The quantitative estimate of drug-likeness (QED) is 0.505. The number of hydrogen-bond acceptors (Lipinski definition) is 4. The highest BCUT2D eigenvalue weighted by Gasteiger charge is 2.08. The van der Waals surface area contributed by atoms with Crippen molar-refractivity contribution in [2.45, 2.75) is 26.8 Å². The SMILES string of the molecule is CCN(CC)CC(C)Nc1ccc(N=Cc2c(O)[nH]c3ccccc23)cc1. The molecule has 0 saturated carbocycles. The molecule has 0 fully saturated rings. The zero-order valence-corrected chi connectivity index (χ0v) is 16.2. The maximum atomic E-state index is 10.1. The number of nitrogens with zero attached hydrogens (tertiary/aromatic N) is 2. The number of aliphatic imine (C=N–C) groups is 1. The molecule has 0 aliphatic heterocycles. The average molecular weight is 364 g/mol. The molecule has 1 atom stereocenters. The summed E-state index contributed by atoms with van der Waals surface area (Å²) in [6.07, 6.45) is 1.71. The van der Waals surface area contributed by atoms with Crippen molar-refractivity contribution < 1.29 is 5.11 Å². The van der Waals surface area contributed by atoms with Gasteiger partial charge in [-0.15, -0.1) is 0 Å². The predicted molar refractivity (Wildman–Crippen MR) is 115 cm³/mol. The molecule has 5 nitrogen and oxygen atoms in total. The van der Waals surface area contributed by atoms with Crippen LogP contribution in [0.15, 0.2) is 53.5 Å². The Hall–Kier alpha value is -2.79. The number of likely N-dealkylation sites (N-methyl/N-ethyl adjacent to an activating group) is 1. The first-order chi connectivity index (χ1) is 13.1. The van der Waals surface area contributed by atoms with Crippen LogP contribution in [0.2, 0.25) is 0 Å². The van der Waals surface area contributed by atoms with Crippen LogP contribution >= 0.6 is 0 Å². The Kier molecular flexibility index (Phi) is 6.14. The minimum atomic E-state index is 0.142. The second-order valence-electron chi connectivity index (χ2n) is 6.77. The number of para-hydroxylation sites is 1. The fraction of sp³-hybridized carbons (Fsp3) is 0.318. The fourth-order valence-corrected chi connectivity index (χ4v) is 3.26. The molecular weight excluding hydrogens is 336 g/mol. The number of benzene rings is 2. The Labute approximate surface area is 160 Å². The van der Waals surface area contributed by atoms with Crippen LogP contribution in [0, 0.1) is 0 Å². The highest BCUT2D eigenvalue weighted by atomic mass is 16.3. The van der Waals surface area contributed by atoms with Crippen LogP contribution in [-0.2, 0) is 0 Å².